The number of likely N-dealkylation sites (N-methyl/N-ethyl adjacent to an activating group) is 1. The first-order valence-corrected chi connectivity index (χ1v) is 11.2. The summed E-state index contributed by atoms with van der Waals surface area (Å²) in [6, 6.07) is 6.83. The monoisotopic (exact) mass is 405 g/mol. The minimum atomic E-state index is -0.217. The second kappa shape index (κ2) is 12.1. The van der Waals surface area contributed by atoms with Gasteiger partial charge in [-0.05, 0) is 50.6 Å². The third-order valence-corrected chi connectivity index (χ3v) is 5.69. The number of nitrogens with zero attached hydrogens (tertiary/aromatic N) is 3. The van der Waals surface area contributed by atoms with Gasteiger partial charge in [0.15, 0.2) is 5.96 Å². The van der Waals surface area contributed by atoms with Gasteiger partial charge in [0.2, 0.25) is 0 Å². The minimum absolute atomic E-state index is 0.194. The van der Waals surface area contributed by atoms with Gasteiger partial charge in [0, 0.05) is 44.7 Å². The summed E-state index contributed by atoms with van der Waals surface area (Å²) in [6.45, 7) is 18.0. The van der Waals surface area contributed by atoms with Crippen LogP contribution in [0.2, 0.25) is 0 Å². The van der Waals surface area contributed by atoms with Crippen LogP contribution < -0.4 is 10.6 Å². The fourth-order valence-electron chi connectivity index (χ4n) is 3.62. The van der Waals surface area contributed by atoms with E-state index in [4.69, 9.17) is 4.99 Å². The quantitative estimate of drug-likeness (QED) is 0.357. The highest BCUT2D eigenvalue weighted by Gasteiger charge is 2.21. The van der Waals surface area contributed by atoms with E-state index < -0.39 is 0 Å². The van der Waals surface area contributed by atoms with E-state index in [2.05, 4.69) is 48.1 Å². The summed E-state index contributed by atoms with van der Waals surface area (Å²) in [7, 11) is 0. The molecule has 1 aromatic rings. The van der Waals surface area contributed by atoms with Gasteiger partial charge >= 0.3 is 0 Å². The van der Waals surface area contributed by atoms with Crippen LogP contribution in [-0.4, -0.2) is 74.7 Å². The summed E-state index contributed by atoms with van der Waals surface area (Å²) >= 11 is 0. The molecule has 29 heavy (non-hydrogen) atoms. The Morgan fingerprint density at radius 1 is 1.07 bits per heavy atom. The van der Waals surface area contributed by atoms with Crippen LogP contribution in [0.15, 0.2) is 29.3 Å². The Morgan fingerprint density at radius 2 is 1.79 bits per heavy atom. The van der Waals surface area contributed by atoms with E-state index in [0.29, 0.717) is 6.54 Å². The molecule has 0 aliphatic carbocycles. The molecular weight excluding hydrogens is 365 g/mol. The maximum atomic E-state index is 13.6. The zero-order valence-electron chi connectivity index (χ0n) is 18.8. The largest absolute Gasteiger partial charge is 0.357 e. The van der Waals surface area contributed by atoms with Gasteiger partial charge in [0.05, 0.1) is 6.54 Å². The van der Waals surface area contributed by atoms with Crippen LogP contribution in [0.25, 0.3) is 0 Å². The number of hydrogen-bond acceptors (Lipinski definition) is 3. The van der Waals surface area contributed by atoms with Crippen LogP contribution in [0.3, 0.4) is 0 Å². The van der Waals surface area contributed by atoms with Gasteiger partial charge in [-0.25, -0.2) is 4.39 Å². The molecule has 1 aliphatic heterocycles. The Bertz CT molecular complexity index is 623. The molecule has 1 aliphatic rings. The van der Waals surface area contributed by atoms with Gasteiger partial charge in [-0.15, -0.1) is 0 Å². The molecule has 1 heterocycles. The number of piperazine rings is 1. The van der Waals surface area contributed by atoms with Crippen molar-refractivity contribution < 1.29 is 4.39 Å². The summed E-state index contributed by atoms with van der Waals surface area (Å²) in [5.74, 6) is 0.647. The number of hydrogen-bond donors (Lipinski definition) is 2. The average Bonchev–Trinajstić information content (AvgIpc) is 2.72. The van der Waals surface area contributed by atoms with Gasteiger partial charge < -0.3 is 20.4 Å². The van der Waals surface area contributed by atoms with Gasteiger partial charge in [-0.1, -0.05) is 32.9 Å². The molecule has 1 fully saturated rings. The number of guanidine groups is 1. The maximum absolute atomic E-state index is 13.6. The third-order valence-electron chi connectivity index (χ3n) is 5.69. The van der Waals surface area contributed by atoms with Crippen molar-refractivity contribution in [3.05, 3.63) is 35.6 Å². The molecule has 1 aromatic carbocycles. The van der Waals surface area contributed by atoms with Crippen LogP contribution in [0.4, 0.5) is 4.39 Å². The van der Waals surface area contributed by atoms with Gasteiger partial charge in [0.25, 0.3) is 0 Å². The number of nitrogens with one attached hydrogen (secondary N) is 2. The van der Waals surface area contributed by atoms with Gasteiger partial charge in [-0.3, -0.25) is 4.99 Å². The van der Waals surface area contributed by atoms with E-state index >= 15 is 0 Å². The van der Waals surface area contributed by atoms with Crippen molar-refractivity contribution >= 4 is 5.96 Å². The smallest absolute Gasteiger partial charge is 0.191 e. The van der Waals surface area contributed by atoms with Crippen molar-refractivity contribution in [3.8, 4) is 0 Å². The molecule has 0 radical (unpaired) electrons. The summed E-state index contributed by atoms with van der Waals surface area (Å²) < 4.78 is 13.6. The molecular formula is C23H40FN5. The predicted molar refractivity (Wildman–Crippen MR) is 121 cm³/mol. The van der Waals surface area contributed by atoms with Gasteiger partial charge in [0.1, 0.15) is 5.82 Å². The van der Waals surface area contributed by atoms with Crippen molar-refractivity contribution in [2.45, 2.75) is 46.0 Å². The number of aliphatic imine (C=N–C) groups is 1. The number of benzene rings is 1. The Hall–Kier alpha value is -1.66. The Morgan fingerprint density at radius 3 is 2.45 bits per heavy atom. The lowest BCUT2D eigenvalue weighted by Gasteiger charge is -2.34. The fourth-order valence-corrected chi connectivity index (χ4v) is 3.62. The van der Waals surface area contributed by atoms with Crippen molar-refractivity contribution in [2.75, 3.05) is 58.9 Å². The minimum Gasteiger partial charge on any atom is -0.357 e. The van der Waals surface area contributed by atoms with Crippen molar-refractivity contribution in [3.63, 3.8) is 0 Å². The van der Waals surface area contributed by atoms with Crippen molar-refractivity contribution in [1.82, 2.24) is 20.4 Å². The van der Waals surface area contributed by atoms with E-state index in [1.807, 2.05) is 6.07 Å². The molecule has 0 saturated carbocycles. The zero-order valence-corrected chi connectivity index (χ0v) is 18.8. The molecule has 0 amide bonds. The van der Waals surface area contributed by atoms with E-state index in [1.54, 1.807) is 12.1 Å². The molecule has 1 saturated heterocycles. The molecule has 0 spiro atoms. The standard InChI is InChI=1S/C23H40FN5/c1-5-25-22(27-19-23(3,4)20-10-9-11-21(24)18-20)26-12-7-8-13-29-16-14-28(6-2)15-17-29/h9-11,18H,5-8,12-17,19H2,1-4H3,(H2,25,26,27). The lowest BCUT2D eigenvalue weighted by atomic mass is 9.85. The molecule has 164 valence electrons. The molecule has 0 unspecified atom stereocenters. The van der Waals surface area contributed by atoms with Crippen molar-refractivity contribution in [2.24, 2.45) is 4.99 Å². The van der Waals surface area contributed by atoms with E-state index in [-0.39, 0.29) is 11.2 Å². The van der Waals surface area contributed by atoms with Crippen molar-refractivity contribution in [1.29, 1.82) is 0 Å². The number of rotatable bonds is 10. The third kappa shape index (κ3) is 8.31. The number of halogens is 1. The Kier molecular flexibility index (Phi) is 9.88. The average molecular weight is 406 g/mol. The van der Waals surface area contributed by atoms with E-state index in [0.717, 1.165) is 31.0 Å². The van der Waals surface area contributed by atoms with Crippen LogP contribution in [-0.2, 0) is 5.41 Å². The van der Waals surface area contributed by atoms with E-state index in [9.17, 15) is 4.39 Å². The molecule has 0 aromatic heterocycles. The summed E-state index contributed by atoms with van der Waals surface area (Å²) in [6.07, 6.45) is 2.33. The Labute approximate surface area is 176 Å². The van der Waals surface area contributed by atoms with Crippen LogP contribution >= 0.6 is 0 Å². The fraction of sp³-hybridized carbons (Fsp3) is 0.696. The second-order valence-corrected chi connectivity index (χ2v) is 8.50. The lowest BCUT2D eigenvalue weighted by Crippen LogP contribution is -2.46. The number of unbranched alkanes of at least 4 members (excludes halogenated alkanes) is 1. The second-order valence-electron chi connectivity index (χ2n) is 8.50. The molecule has 6 heteroatoms. The first-order chi connectivity index (χ1) is 13.9. The molecule has 0 atom stereocenters. The highest BCUT2D eigenvalue weighted by molar-refractivity contribution is 5.79. The Balaban J connectivity index is 1.73. The molecule has 2 rings (SSSR count). The van der Waals surface area contributed by atoms with Crippen LogP contribution in [0.5, 0.6) is 0 Å². The normalized spacial score (nSPS) is 16.8. The summed E-state index contributed by atoms with van der Waals surface area (Å²) in [4.78, 5) is 9.85. The first kappa shape index (κ1) is 23.6. The lowest BCUT2D eigenvalue weighted by molar-refractivity contribution is 0.136. The zero-order chi connectivity index (χ0) is 21.1. The highest BCUT2D eigenvalue weighted by Crippen LogP contribution is 2.24. The first-order valence-electron chi connectivity index (χ1n) is 11.2. The van der Waals surface area contributed by atoms with Crippen LogP contribution in [0.1, 0.15) is 46.1 Å². The van der Waals surface area contributed by atoms with Gasteiger partial charge in [-0.2, -0.15) is 0 Å². The maximum Gasteiger partial charge on any atom is 0.191 e. The van der Waals surface area contributed by atoms with Crippen LogP contribution in [0, 0.1) is 5.82 Å². The molecule has 5 nitrogen and oxygen atoms in total. The SMILES string of the molecule is CCNC(=NCC(C)(C)c1cccc(F)c1)NCCCCN1CCN(CC)CC1. The summed E-state index contributed by atoms with van der Waals surface area (Å²) in [5.41, 5.74) is 0.755. The van der Waals surface area contributed by atoms with E-state index in [1.165, 1.54) is 51.8 Å². The molecule has 0 bridgehead atoms. The highest BCUT2D eigenvalue weighted by atomic mass is 19.1. The summed E-state index contributed by atoms with van der Waals surface area (Å²) in [5, 5.41) is 6.77. The molecule has 2 N–H and O–H groups in total. The predicted octanol–water partition coefficient (Wildman–Crippen LogP) is 3.08. The topological polar surface area (TPSA) is 42.9 Å².